The lowest BCUT2D eigenvalue weighted by Crippen LogP contribution is -2.31. The molecule has 1 aliphatic heterocycles. The normalized spacial score (nSPS) is 20.0. The Morgan fingerprint density at radius 3 is 2.07 bits per heavy atom. The van der Waals surface area contributed by atoms with Crippen LogP contribution in [-0.2, 0) is 16.0 Å². The minimum atomic E-state index is -4.80. The van der Waals surface area contributed by atoms with Gasteiger partial charge in [-0.25, -0.2) is 0 Å². The molecule has 3 rings (SSSR count). The molecule has 28 heavy (non-hydrogen) atoms. The molecule has 0 saturated carbocycles. The van der Waals surface area contributed by atoms with Gasteiger partial charge in [-0.3, -0.25) is 14.5 Å². The van der Waals surface area contributed by atoms with Crippen LogP contribution in [0.1, 0.15) is 23.6 Å². The number of ether oxygens (including phenoxy) is 1. The van der Waals surface area contributed by atoms with Crippen molar-refractivity contribution in [1.29, 1.82) is 0 Å². The molecule has 2 atom stereocenters. The number of alkyl halides is 3. The fraction of sp³-hybridized carbons (Fsp3) is 0.333. The smallest absolute Gasteiger partial charge is 0.406 e. The Morgan fingerprint density at radius 1 is 0.964 bits per heavy atom. The summed E-state index contributed by atoms with van der Waals surface area (Å²) in [5.41, 5.74) is 3.37. The number of rotatable bonds is 4. The first-order valence-corrected chi connectivity index (χ1v) is 8.86. The molecule has 0 radical (unpaired) electrons. The Hall–Kier alpha value is -2.83. The second-order valence-corrected chi connectivity index (χ2v) is 7.15. The van der Waals surface area contributed by atoms with Gasteiger partial charge in [0.2, 0.25) is 11.8 Å². The molecular formula is C21H20F3NO3. The molecule has 0 aromatic heterocycles. The zero-order valence-corrected chi connectivity index (χ0v) is 15.7. The van der Waals surface area contributed by atoms with Gasteiger partial charge >= 0.3 is 6.36 Å². The summed E-state index contributed by atoms with van der Waals surface area (Å²) in [5.74, 6) is -2.14. The molecule has 0 aliphatic carbocycles. The number of amides is 2. The Bertz CT molecular complexity index is 886. The van der Waals surface area contributed by atoms with E-state index >= 15 is 0 Å². The molecule has 1 saturated heterocycles. The SMILES string of the molecule is Cc1cc(C)cc(C[C@@H]2C(=O)N(c3ccc(OC(F)(F)F)cc3)C(=O)[C@H]2C)c1. The standard InChI is InChI=1S/C21H20F3NO3/c1-12-8-13(2)10-15(9-12)11-18-14(3)19(26)25(20(18)27)16-4-6-17(7-5-16)28-21(22,23)24/h4-10,14,18H,11H2,1-3H3/t14-,18-/m0/s1. The highest BCUT2D eigenvalue weighted by molar-refractivity contribution is 6.22. The van der Waals surface area contributed by atoms with Crippen LogP contribution < -0.4 is 9.64 Å². The lowest BCUT2D eigenvalue weighted by Gasteiger charge is -2.16. The summed E-state index contributed by atoms with van der Waals surface area (Å²) < 4.78 is 40.7. The van der Waals surface area contributed by atoms with Crippen molar-refractivity contribution in [2.45, 2.75) is 33.6 Å². The number of imide groups is 1. The number of halogens is 3. The van der Waals surface area contributed by atoms with Gasteiger partial charge in [-0.05, 0) is 50.1 Å². The molecule has 7 heteroatoms. The molecule has 0 unspecified atom stereocenters. The van der Waals surface area contributed by atoms with Gasteiger partial charge in [-0.15, -0.1) is 13.2 Å². The number of benzene rings is 2. The molecular weight excluding hydrogens is 371 g/mol. The van der Waals surface area contributed by atoms with Crippen LogP contribution >= 0.6 is 0 Å². The van der Waals surface area contributed by atoms with Crippen LogP contribution in [0.4, 0.5) is 18.9 Å². The highest BCUT2D eigenvalue weighted by Gasteiger charge is 2.45. The number of hydrogen-bond donors (Lipinski definition) is 0. The fourth-order valence-corrected chi connectivity index (χ4v) is 3.62. The monoisotopic (exact) mass is 391 g/mol. The minimum Gasteiger partial charge on any atom is -0.406 e. The summed E-state index contributed by atoms with van der Waals surface area (Å²) in [4.78, 5) is 26.6. The predicted molar refractivity (Wildman–Crippen MR) is 97.9 cm³/mol. The molecule has 0 N–H and O–H groups in total. The van der Waals surface area contributed by atoms with E-state index in [4.69, 9.17) is 0 Å². The van der Waals surface area contributed by atoms with Crippen LogP contribution in [0, 0.1) is 25.7 Å². The summed E-state index contributed by atoms with van der Waals surface area (Å²) in [7, 11) is 0. The molecule has 0 bridgehead atoms. The quantitative estimate of drug-likeness (QED) is 0.718. The van der Waals surface area contributed by atoms with Crippen molar-refractivity contribution in [1.82, 2.24) is 0 Å². The van der Waals surface area contributed by atoms with E-state index < -0.39 is 23.9 Å². The maximum absolute atomic E-state index is 12.9. The van der Waals surface area contributed by atoms with Crippen molar-refractivity contribution in [3.8, 4) is 5.75 Å². The van der Waals surface area contributed by atoms with Gasteiger partial charge in [0.05, 0.1) is 11.6 Å². The molecule has 1 heterocycles. The van der Waals surface area contributed by atoms with Gasteiger partial charge in [-0.1, -0.05) is 36.2 Å². The second kappa shape index (κ2) is 7.30. The van der Waals surface area contributed by atoms with E-state index in [1.807, 2.05) is 32.0 Å². The van der Waals surface area contributed by atoms with Crippen LogP contribution in [0.15, 0.2) is 42.5 Å². The van der Waals surface area contributed by atoms with Crippen LogP contribution in [0.2, 0.25) is 0 Å². The van der Waals surface area contributed by atoms with Gasteiger partial charge in [0.1, 0.15) is 5.75 Å². The average Bonchev–Trinajstić information content (AvgIpc) is 2.77. The maximum atomic E-state index is 12.9. The lowest BCUT2D eigenvalue weighted by atomic mass is 9.89. The second-order valence-electron chi connectivity index (χ2n) is 7.15. The largest absolute Gasteiger partial charge is 0.573 e. The third kappa shape index (κ3) is 4.18. The summed E-state index contributed by atoms with van der Waals surface area (Å²) in [5, 5.41) is 0. The van der Waals surface area contributed by atoms with Crippen molar-refractivity contribution < 1.29 is 27.5 Å². The van der Waals surface area contributed by atoms with Crippen LogP contribution in [0.3, 0.4) is 0 Å². The van der Waals surface area contributed by atoms with Gasteiger partial charge in [0.15, 0.2) is 0 Å². The highest BCUT2D eigenvalue weighted by atomic mass is 19.4. The number of carbonyl (C=O) groups excluding carboxylic acids is 2. The number of nitrogens with zero attached hydrogens (tertiary/aromatic N) is 1. The predicted octanol–water partition coefficient (Wildman–Crippen LogP) is 4.57. The average molecular weight is 391 g/mol. The van der Waals surface area contributed by atoms with E-state index in [0.29, 0.717) is 6.42 Å². The Balaban J connectivity index is 1.82. The molecule has 2 aromatic rings. The maximum Gasteiger partial charge on any atom is 0.573 e. The zero-order chi connectivity index (χ0) is 20.6. The first-order valence-electron chi connectivity index (χ1n) is 8.86. The van der Waals surface area contributed by atoms with Crippen molar-refractivity contribution >= 4 is 17.5 Å². The summed E-state index contributed by atoms with van der Waals surface area (Å²) in [6.45, 7) is 5.64. The third-order valence-electron chi connectivity index (χ3n) is 4.82. The van der Waals surface area contributed by atoms with Gasteiger partial charge in [0, 0.05) is 5.92 Å². The first kappa shape index (κ1) is 19.9. The topological polar surface area (TPSA) is 46.6 Å². The van der Waals surface area contributed by atoms with Crippen LogP contribution in [0.5, 0.6) is 5.75 Å². The summed E-state index contributed by atoms with van der Waals surface area (Å²) >= 11 is 0. The van der Waals surface area contributed by atoms with Crippen molar-refractivity contribution in [2.75, 3.05) is 4.90 Å². The van der Waals surface area contributed by atoms with Gasteiger partial charge in [-0.2, -0.15) is 0 Å². The zero-order valence-electron chi connectivity index (χ0n) is 15.7. The van der Waals surface area contributed by atoms with E-state index in [-0.39, 0.29) is 17.5 Å². The van der Waals surface area contributed by atoms with Gasteiger partial charge < -0.3 is 4.74 Å². The van der Waals surface area contributed by atoms with E-state index in [1.54, 1.807) is 6.92 Å². The Morgan fingerprint density at radius 2 is 1.54 bits per heavy atom. The number of hydrogen-bond acceptors (Lipinski definition) is 3. The summed E-state index contributed by atoms with van der Waals surface area (Å²) in [6, 6.07) is 10.8. The molecule has 4 nitrogen and oxygen atoms in total. The Kier molecular flexibility index (Phi) is 5.19. The van der Waals surface area contributed by atoms with Crippen LogP contribution in [0.25, 0.3) is 0 Å². The van der Waals surface area contributed by atoms with E-state index in [0.717, 1.165) is 33.7 Å². The first-order chi connectivity index (χ1) is 13.0. The van der Waals surface area contributed by atoms with Crippen molar-refractivity contribution in [2.24, 2.45) is 11.8 Å². The molecule has 1 fully saturated rings. The number of carbonyl (C=O) groups is 2. The summed E-state index contributed by atoms with van der Waals surface area (Å²) in [6.07, 6.45) is -4.37. The third-order valence-corrected chi connectivity index (χ3v) is 4.82. The number of aryl methyl sites for hydroxylation is 2. The number of anilines is 1. The molecule has 2 amide bonds. The molecule has 2 aromatic carbocycles. The van der Waals surface area contributed by atoms with Crippen molar-refractivity contribution in [3.05, 3.63) is 59.2 Å². The van der Waals surface area contributed by atoms with Gasteiger partial charge in [0.25, 0.3) is 0 Å². The van der Waals surface area contributed by atoms with E-state index in [1.165, 1.54) is 12.1 Å². The van der Waals surface area contributed by atoms with Crippen molar-refractivity contribution in [3.63, 3.8) is 0 Å². The molecule has 1 aliphatic rings. The van der Waals surface area contributed by atoms with E-state index in [2.05, 4.69) is 4.74 Å². The molecule has 148 valence electrons. The minimum absolute atomic E-state index is 0.235. The highest BCUT2D eigenvalue weighted by Crippen LogP contribution is 2.34. The van der Waals surface area contributed by atoms with E-state index in [9.17, 15) is 22.8 Å². The fourth-order valence-electron chi connectivity index (χ4n) is 3.62. The molecule has 0 spiro atoms. The lowest BCUT2D eigenvalue weighted by molar-refractivity contribution is -0.274. The Labute approximate surface area is 160 Å². The van der Waals surface area contributed by atoms with Crippen LogP contribution in [-0.4, -0.2) is 18.2 Å².